The van der Waals surface area contributed by atoms with Gasteiger partial charge in [0.15, 0.2) is 0 Å². The predicted molar refractivity (Wildman–Crippen MR) is 104 cm³/mol. The Morgan fingerprint density at radius 2 is 1.58 bits per heavy atom. The first-order valence-corrected chi connectivity index (χ1v) is 8.92. The van der Waals surface area contributed by atoms with Crippen molar-refractivity contribution in [3.05, 3.63) is 78.5 Å². The maximum atomic E-state index is 5.44. The third kappa shape index (κ3) is 3.83. The fourth-order valence-corrected chi connectivity index (χ4v) is 3.08. The monoisotopic (exact) mass is 346 g/mol. The summed E-state index contributed by atoms with van der Waals surface area (Å²) in [5, 5.41) is 0. The maximum absolute atomic E-state index is 5.44. The van der Waals surface area contributed by atoms with Gasteiger partial charge in [0.2, 0.25) is 5.95 Å². The zero-order chi connectivity index (χ0) is 17.6. The van der Waals surface area contributed by atoms with Gasteiger partial charge >= 0.3 is 0 Å². The fourth-order valence-electron chi connectivity index (χ4n) is 3.08. The second-order valence-corrected chi connectivity index (χ2v) is 6.22. The van der Waals surface area contributed by atoms with Crippen LogP contribution >= 0.6 is 0 Å². The molecule has 2 heterocycles. The van der Waals surface area contributed by atoms with Crippen LogP contribution in [0.4, 0.5) is 17.5 Å². The Morgan fingerprint density at radius 3 is 2.31 bits per heavy atom. The molecule has 4 rings (SSSR count). The van der Waals surface area contributed by atoms with Crippen LogP contribution in [-0.4, -0.2) is 36.3 Å². The van der Waals surface area contributed by atoms with Crippen LogP contribution in [0, 0.1) is 0 Å². The minimum Gasteiger partial charge on any atom is -0.378 e. The maximum Gasteiger partial charge on any atom is 0.227 e. The molecule has 5 heteroatoms. The molecule has 1 aliphatic heterocycles. The molecule has 1 saturated heterocycles. The van der Waals surface area contributed by atoms with Crippen molar-refractivity contribution in [2.24, 2.45) is 0 Å². The second kappa shape index (κ2) is 7.97. The molecule has 1 fully saturated rings. The van der Waals surface area contributed by atoms with E-state index in [1.165, 1.54) is 5.56 Å². The number of aromatic nitrogens is 2. The Hall–Kier alpha value is -2.92. The molecule has 26 heavy (non-hydrogen) atoms. The molecule has 1 aliphatic rings. The lowest BCUT2D eigenvalue weighted by Crippen LogP contribution is -2.37. The smallest absolute Gasteiger partial charge is 0.227 e. The van der Waals surface area contributed by atoms with Crippen molar-refractivity contribution in [3.8, 4) is 0 Å². The fraction of sp³-hybridized carbons (Fsp3) is 0.238. The largest absolute Gasteiger partial charge is 0.378 e. The molecule has 3 aromatic rings. The summed E-state index contributed by atoms with van der Waals surface area (Å²) in [6.07, 6.45) is 1.84. The topological polar surface area (TPSA) is 41.5 Å². The SMILES string of the molecule is c1ccc(CN(c2ccccc2)c2ccnc(N3CCOCC3)n2)cc1. The van der Waals surface area contributed by atoms with Crippen molar-refractivity contribution >= 4 is 17.5 Å². The van der Waals surface area contributed by atoms with Crippen molar-refractivity contribution in [3.63, 3.8) is 0 Å². The molecule has 1 aromatic heterocycles. The van der Waals surface area contributed by atoms with Gasteiger partial charge in [-0.25, -0.2) is 4.98 Å². The molecule has 0 saturated carbocycles. The Bertz CT molecular complexity index is 820. The van der Waals surface area contributed by atoms with Crippen LogP contribution in [-0.2, 0) is 11.3 Å². The number of nitrogens with zero attached hydrogens (tertiary/aromatic N) is 4. The van der Waals surface area contributed by atoms with Gasteiger partial charge < -0.3 is 14.5 Å². The minimum absolute atomic E-state index is 0.722. The lowest BCUT2D eigenvalue weighted by molar-refractivity contribution is 0.122. The van der Waals surface area contributed by atoms with Gasteiger partial charge in [-0.15, -0.1) is 0 Å². The molecule has 0 bridgehead atoms. The molecule has 2 aromatic carbocycles. The Kier molecular flexibility index (Phi) is 5.07. The summed E-state index contributed by atoms with van der Waals surface area (Å²) in [4.78, 5) is 13.7. The number of anilines is 3. The van der Waals surface area contributed by atoms with Crippen LogP contribution in [0.5, 0.6) is 0 Å². The van der Waals surface area contributed by atoms with Crippen LogP contribution in [0.15, 0.2) is 72.9 Å². The average Bonchev–Trinajstić information content (AvgIpc) is 2.74. The van der Waals surface area contributed by atoms with Gasteiger partial charge in [0.25, 0.3) is 0 Å². The van der Waals surface area contributed by atoms with Crippen LogP contribution in [0.2, 0.25) is 0 Å². The highest BCUT2D eigenvalue weighted by molar-refractivity contribution is 5.61. The van der Waals surface area contributed by atoms with E-state index in [9.17, 15) is 0 Å². The van der Waals surface area contributed by atoms with Crippen molar-refractivity contribution in [1.82, 2.24) is 9.97 Å². The van der Waals surface area contributed by atoms with Gasteiger partial charge in [-0.1, -0.05) is 48.5 Å². The second-order valence-electron chi connectivity index (χ2n) is 6.22. The molecule has 0 radical (unpaired) electrons. The van der Waals surface area contributed by atoms with Crippen molar-refractivity contribution in [2.75, 3.05) is 36.1 Å². The Balaban J connectivity index is 1.67. The number of morpholine rings is 1. The number of rotatable bonds is 5. The normalized spacial score (nSPS) is 14.2. The molecule has 5 nitrogen and oxygen atoms in total. The van der Waals surface area contributed by atoms with Gasteiger partial charge in [-0.05, 0) is 23.8 Å². The molecule has 0 unspecified atom stereocenters. The van der Waals surface area contributed by atoms with Crippen molar-refractivity contribution < 1.29 is 4.74 Å². The lowest BCUT2D eigenvalue weighted by Gasteiger charge is -2.29. The molecule has 0 aliphatic carbocycles. The molecule has 132 valence electrons. The number of hydrogen-bond acceptors (Lipinski definition) is 5. The Labute approximate surface area is 153 Å². The molecular weight excluding hydrogens is 324 g/mol. The van der Waals surface area contributed by atoms with Crippen LogP contribution < -0.4 is 9.80 Å². The number of para-hydroxylation sites is 1. The highest BCUT2D eigenvalue weighted by Gasteiger charge is 2.17. The zero-order valence-corrected chi connectivity index (χ0v) is 14.7. The van der Waals surface area contributed by atoms with Gasteiger partial charge in [0, 0.05) is 31.5 Å². The summed E-state index contributed by atoms with van der Waals surface area (Å²) in [6, 6.07) is 22.8. The summed E-state index contributed by atoms with van der Waals surface area (Å²) in [5.74, 6) is 1.66. The quantitative estimate of drug-likeness (QED) is 0.705. The number of hydrogen-bond donors (Lipinski definition) is 0. The van der Waals surface area contributed by atoms with E-state index >= 15 is 0 Å². The summed E-state index contributed by atoms with van der Waals surface area (Å²) in [7, 11) is 0. The summed E-state index contributed by atoms with van der Waals surface area (Å²) in [5.41, 5.74) is 2.35. The van der Waals surface area contributed by atoms with Crippen LogP contribution in [0.1, 0.15) is 5.56 Å². The summed E-state index contributed by atoms with van der Waals surface area (Å²) < 4.78 is 5.44. The van der Waals surface area contributed by atoms with E-state index in [1.807, 2.05) is 24.4 Å². The van der Waals surface area contributed by atoms with Gasteiger partial charge in [0.05, 0.1) is 13.2 Å². The molecular formula is C21H22N4O. The average molecular weight is 346 g/mol. The number of ether oxygens (including phenoxy) is 1. The van der Waals surface area contributed by atoms with E-state index in [-0.39, 0.29) is 0 Å². The highest BCUT2D eigenvalue weighted by Crippen LogP contribution is 2.27. The van der Waals surface area contributed by atoms with Gasteiger partial charge in [0.1, 0.15) is 5.82 Å². The summed E-state index contributed by atoms with van der Waals surface area (Å²) >= 11 is 0. The van der Waals surface area contributed by atoms with E-state index in [2.05, 4.69) is 63.3 Å². The Morgan fingerprint density at radius 1 is 0.885 bits per heavy atom. The minimum atomic E-state index is 0.722. The van der Waals surface area contributed by atoms with E-state index in [4.69, 9.17) is 9.72 Å². The third-order valence-electron chi connectivity index (χ3n) is 4.45. The molecule has 0 amide bonds. The van der Waals surface area contributed by atoms with Crippen LogP contribution in [0.3, 0.4) is 0 Å². The standard InChI is InChI=1S/C21H22N4O/c1-3-7-18(8-4-1)17-25(19-9-5-2-6-10-19)20-11-12-22-21(23-20)24-13-15-26-16-14-24/h1-12H,13-17H2. The van der Waals surface area contributed by atoms with Gasteiger partial charge in [-0.2, -0.15) is 4.98 Å². The van der Waals surface area contributed by atoms with E-state index in [0.29, 0.717) is 0 Å². The van der Waals surface area contributed by atoms with E-state index < -0.39 is 0 Å². The lowest BCUT2D eigenvalue weighted by atomic mass is 10.2. The number of benzene rings is 2. The first-order valence-electron chi connectivity index (χ1n) is 8.92. The zero-order valence-electron chi connectivity index (χ0n) is 14.7. The van der Waals surface area contributed by atoms with Crippen LogP contribution in [0.25, 0.3) is 0 Å². The predicted octanol–water partition coefficient (Wildman–Crippen LogP) is 3.65. The molecule has 0 N–H and O–H groups in total. The van der Waals surface area contributed by atoms with Crippen molar-refractivity contribution in [2.45, 2.75) is 6.54 Å². The first-order chi connectivity index (χ1) is 12.9. The molecule has 0 atom stereocenters. The van der Waals surface area contributed by atoms with E-state index in [0.717, 1.165) is 50.3 Å². The van der Waals surface area contributed by atoms with E-state index in [1.54, 1.807) is 0 Å². The third-order valence-corrected chi connectivity index (χ3v) is 4.45. The summed E-state index contributed by atoms with van der Waals surface area (Å²) in [6.45, 7) is 3.85. The van der Waals surface area contributed by atoms with Gasteiger partial charge in [-0.3, -0.25) is 0 Å². The first kappa shape index (κ1) is 16.5. The van der Waals surface area contributed by atoms with Crippen molar-refractivity contribution in [1.29, 1.82) is 0 Å². The highest BCUT2D eigenvalue weighted by atomic mass is 16.5. The molecule has 0 spiro atoms.